The Morgan fingerprint density at radius 2 is 0.873 bits per heavy atom. The first-order valence-electron chi connectivity index (χ1n) is 18.8. The highest BCUT2D eigenvalue weighted by Gasteiger charge is 2.19. The molecule has 3 heteroatoms. The van der Waals surface area contributed by atoms with Crippen LogP contribution in [0.5, 0.6) is 0 Å². The van der Waals surface area contributed by atoms with Gasteiger partial charge in [-0.25, -0.2) is 0 Å². The number of fused-ring (bicyclic) bond motifs is 10. The Labute approximate surface area is 321 Å². The summed E-state index contributed by atoms with van der Waals surface area (Å²) in [5.41, 5.74) is 12.1. The molecule has 0 spiro atoms. The molecule has 0 aliphatic carbocycles. The van der Waals surface area contributed by atoms with Gasteiger partial charge in [-0.3, -0.25) is 0 Å². The third-order valence-corrected chi connectivity index (χ3v) is 12.7. The van der Waals surface area contributed by atoms with Crippen molar-refractivity contribution in [2.24, 2.45) is 0 Å². The highest BCUT2D eigenvalue weighted by Crippen LogP contribution is 2.43. The molecular formula is C52H32N2S. The summed E-state index contributed by atoms with van der Waals surface area (Å²) < 4.78 is 7.54. The van der Waals surface area contributed by atoms with Gasteiger partial charge in [-0.1, -0.05) is 127 Å². The zero-order valence-electron chi connectivity index (χ0n) is 29.8. The Bertz CT molecular complexity index is 3470. The van der Waals surface area contributed by atoms with E-state index >= 15 is 0 Å². The van der Waals surface area contributed by atoms with Crippen LogP contribution in [-0.4, -0.2) is 9.13 Å². The average molecular weight is 717 g/mol. The van der Waals surface area contributed by atoms with E-state index in [1.165, 1.54) is 102 Å². The number of rotatable bonds is 4. The first-order valence-corrected chi connectivity index (χ1v) is 19.7. The summed E-state index contributed by atoms with van der Waals surface area (Å²) in [4.78, 5) is 0. The predicted octanol–water partition coefficient (Wildman–Crippen LogP) is 14.7. The SMILES string of the molecule is c1ccc(-c2ccc(-n3c4ccc(-c5ccc6c(c5)c5ccccc5n6-c5cccc6c5sc5ccccc56)cc4c4cc5ccccc5cc43)cc2)cc1. The van der Waals surface area contributed by atoms with Gasteiger partial charge >= 0.3 is 0 Å². The minimum absolute atomic E-state index is 1.16. The number of hydrogen-bond donors (Lipinski definition) is 0. The molecule has 0 saturated heterocycles. The van der Waals surface area contributed by atoms with Crippen molar-refractivity contribution in [3.63, 3.8) is 0 Å². The van der Waals surface area contributed by atoms with Gasteiger partial charge in [0, 0.05) is 42.7 Å². The summed E-state index contributed by atoms with van der Waals surface area (Å²) in [6.45, 7) is 0. The fourth-order valence-corrected chi connectivity index (χ4v) is 10.1. The van der Waals surface area contributed by atoms with Gasteiger partial charge in [-0.2, -0.15) is 0 Å². The molecule has 9 aromatic carbocycles. The van der Waals surface area contributed by atoms with Crippen molar-refractivity contribution in [1.82, 2.24) is 9.13 Å². The van der Waals surface area contributed by atoms with Gasteiger partial charge in [0.25, 0.3) is 0 Å². The Morgan fingerprint density at radius 3 is 1.67 bits per heavy atom. The van der Waals surface area contributed by atoms with Crippen molar-refractivity contribution < 1.29 is 0 Å². The molecule has 256 valence electrons. The van der Waals surface area contributed by atoms with E-state index in [0.717, 1.165) is 5.69 Å². The van der Waals surface area contributed by atoms with Gasteiger partial charge in [0.2, 0.25) is 0 Å². The molecule has 55 heavy (non-hydrogen) atoms. The molecule has 0 N–H and O–H groups in total. The zero-order chi connectivity index (χ0) is 36.0. The predicted molar refractivity (Wildman–Crippen MR) is 236 cm³/mol. The maximum absolute atomic E-state index is 2.47. The molecule has 2 nitrogen and oxygen atoms in total. The topological polar surface area (TPSA) is 9.86 Å². The number of nitrogens with zero attached hydrogens (tertiary/aromatic N) is 2. The van der Waals surface area contributed by atoms with E-state index in [2.05, 4.69) is 203 Å². The highest BCUT2D eigenvalue weighted by atomic mass is 32.1. The van der Waals surface area contributed by atoms with E-state index in [0.29, 0.717) is 0 Å². The second kappa shape index (κ2) is 11.8. The molecule has 0 fully saturated rings. The van der Waals surface area contributed by atoms with Crippen LogP contribution >= 0.6 is 11.3 Å². The number of aromatic nitrogens is 2. The van der Waals surface area contributed by atoms with Crippen molar-refractivity contribution in [3.05, 3.63) is 194 Å². The molecule has 3 heterocycles. The number of para-hydroxylation sites is 1. The zero-order valence-corrected chi connectivity index (χ0v) is 30.6. The van der Waals surface area contributed by atoms with Crippen LogP contribution in [-0.2, 0) is 0 Å². The lowest BCUT2D eigenvalue weighted by Crippen LogP contribution is -1.94. The fraction of sp³-hybridized carbons (Fsp3) is 0. The van der Waals surface area contributed by atoms with Gasteiger partial charge in [-0.15, -0.1) is 11.3 Å². The van der Waals surface area contributed by atoms with Crippen molar-refractivity contribution in [1.29, 1.82) is 0 Å². The number of hydrogen-bond acceptors (Lipinski definition) is 1. The third kappa shape index (κ3) is 4.60. The second-order valence-electron chi connectivity index (χ2n) is 14.5. The van der Waals surface area contributed by atoms with Crippen LogP contribution in [0, 0.1) is 0 Å². The normalized spacial score (nSPS) is 12.0. The summed E-state index contributed by atoms with van der Waals surface area (Å²) in [5.74, 6) is 0. The maximum Gasteiger partial charge on any atom is 0.0640 e. The Kier molecular flexibility index (Phi) is 6.54. The first-order chi connectivity index (χ1) is 27.3. The molecule has 0 unspecified atom stereocenters. The van der Waals surface area contributed by atoms with E-state index in [1.54, 1.807) is 0 Å². The maximum atomic E-state index is 2.47. The molecule has 0 aliphatic heterocycles. The molecule has 3 aromatic heterocycles. The standard InChI is InChI=1S/C52H32N2S/c1-2-11-33(12-3-1)34-21-25-39(26-22-34)53-47-27-23-38(31-44(47)45-29-35-13-4-5-14-36(35)32-50(45)53)37-24-28-48-43(30-37)40-15-6-8-18-46(40)54(48)49-19-10-17-42-41-16-7-9-20-51(41)55-52(42)49/h1-32H. The summed E-state index contributed by atoms with van der Waals surface area (Å²) in [7, 11) is 0. The van der Waals surface area contributed by atoms with Gasteiger partial charge in [0.05, 0.1) is 32.5 Å². The quantitative estimate of drug-likeness (QED) is 0.172. The fourth-order valence-electron chi connectivity index (χ4n) is 8.92. The van der Waals surface area contributed by atoms with Crippen molar-refractivity contribution in [2.45, 2.75) is 0 Å². The van der Waals surface area contributed by atoms with Gasteiger partial charge in [0.1, 0.15) is 0 Å². The lowest BCUT2D eigenvalue weighted by atomic mass is 10.00. The average Bonchev–Trinajstić information content (AvgIpc) is 3.90. The Morgan fingerprint density at radius 1 is 0.309 bits per heavy atom. The number of benzene rings is 9. The van der Waals surface area contributed by atoms with E-state index in [1.807, 2.05) is 11.3 Å². The van der Waals surface area contributed by atoms with E-state index in [-0.39, 0.29) is 0 Å². The van der Waals surface area contributed by atoms with Crippen molar-refractivity contribution in [3.8, 4) is 33.6 Å². The van der Waals surface area contributed by atoms with Crippen LogP contribution in [0.2, 0.25) is 0 Å². The minimum Gasteiger partial charge on any atom is -0.309 e. The minimum atomic E-state index is 1.16. The molecule has 0 aliphatic rings. The molecule has 0 saturated carbocycles. The molecule has 0 radical (unpaired) electrons. The van der Waals surface area contributed by atoms with E-state index in [4.69, 9.17) is 0 Å². The first kappa shape index (κ1) is 30.5. The van der Waals surface area contributed by atoms with Crippen LogP contribution < -0.4 is 0 Å². The van der Waals surface area contributed by atoms with Gasteiger partial charge in [0.15, 0.2) is 0 Å². The van der Waals surface area contributed by atoms with Gasteiger partial charge in [-0.05, 0) is 99.8 Å². The van der Waals surface area contributed by atoms with Gasteiger partial charge < -0.3 is 9.13 Å². The van der Waals surface area contributed by atoms with Crippen LogP contribution in [0.15, 0.2) is 194 Å². The Balaban J connectivity index is 1.05. The largest absolute Gasteiger partial charge is 0.309 e. The van der Waals surface area contributed by atoms with Crippen LogP contribution in [0.25, 0.3) is 108 Å². The van der Waals surface area contributed by atoms with Crippen LogP contribution in [0.4, 0.5) is 0 Å². The van der Waals surface area contributed by atoms with Crippen molar-refractivity contribution >= 4 is 85.9 Å². The van der Waals surface area contributed by atoms with E-state index < -0.39 is 0 Å². The second-order valence-corrected chi connectivity index (χ2v) is 15.6. The summed E-state index contributed by atoms with van der Waals surface area (Å²) in [6.07, 6.45) is 0. The lowest BCUT2D eigenvalue weighted by molar-refractivity contribution is 1.18. The van der Waals surface area contributed by atoms with E-state index in [9.17, 15) is 0 Å². The monoisotopic (exact) mass is 716 g/mol. The summed E-state index contributed by atoms with van der Waals surface area (Å²) in [5, 5.41) is 10.2. The number of thiophene rings is 1. The third-order valence-electron chi connectivity index (χ3n) is 11.5. The van der Waals surface area contributed by atoms with Crippen LogP contribution in [0.1, 0.15) is 0 Å². The molecule has 12 rings (SSSR count). The Hall–Kier alpha value is -6.94. The molecule has 0 amide bonds. The lowest BCUT2D eigenvalue weighted by Gasteiger charge is -2.11. The smallest absolute Gasteiger partial charge is 0.0640 e. The summed E-state index contributed by atoms with van der Waals surface area (Å²) >= 11 is 1.88. The summed E-state index contributed by atoms with van der Waals surface area (Å²) in [6, 6.07) is 71.4. The highest BCUT2D eigenvalue weighted by molar-refractivity contribution is 7.26. The molecule has 0 atom stereocenters. The van der Waals surface area contributed by atoms with Crippen LogP contribution in [0.3, 0.4) is 0 Å². The van der Waals surface area contributed by atoms with Crippen molar-refractivity contribution in [2.75, 3.05) is 0 Å². The molecule has 0 bridgehead atoms. The molecule has 12 aromatic rings. The molecular weight excluding hydrogens is 685 g/mol.